The van der Waals surface area contributed by atoms with Crippen molar-refractivity contribution in [3.8, 4) is 11.5 Å². The Morgan fingerprint density at radius 1 is 1.42 bits per heavy atom. The van der Waals surface area contributed by atoms with Crippen LogP contribution in [0.2, 0.25) is 5.02 Å². The lowest BCUT2D eigenvalue weighted by Gasteiger charge is -2.15. The van der Waals surface area contributed by atoms with E-state index < -0.39 is 12.1 Å². The van der Waals surface area contributed by atoms with Crippen LogP contribution < -0.4 is 9.47 Å². The molecular formula is C13H15ClO5. The van der Waals surface area contributed by atoms with E-state index in [2.05, 4.69) is 4.74 Å². The minimum Gasteiger partial charge on any atom is -0.493 e. The normalized spacial score (nSPS) is 15.8. The summed E-state index contributed by atoms with van der Waals surface area (Å²) in [6, 6.07) is 2.99. The van der Waals surface area contributed by atoms with Crippen LogP contribution in [0.25, 0.3) is 0 Å². The van der Waals surface area contributed by atoms with Crippen molar-refractivity contribution in [2.24, 2.45) is 0 Å². The molecular weight excluding hydrogens is 272 g/mol. The highest BCUT2D eigenvalue weighted by molar-refractivity contribution is 6.32. The second-order valence-electron chi connectivity index (χ2n) is 4.28. The molecule has 0 aliphatic heterocycles. The van der Waals surface area contributed by atoms with Gasteiger partial charge in [0, 0.05) is 0 Å². The number of aliphatic hydroxyl groups is 1. The van der Waals surface area contributed by atoms with Crippen molar-refractivity contribution in [3.05, 3.63) is 22.7 Å². The van der Waals surface area contributed by atoms with E-state index in [1.165, 1.54) is 26.4 Å². The summed E-state index contributed by atoms with van der Waals surface area (Å²) in [4.78, 5) is 11.3. The third-order valence-corrected chi connectivity index (χ3v) is 3.08. The number of rotatable bonds is 5. The zero-order chi connectivity index (χ0) is 14.0. The van der Waals surface area contributed by atoms with E-state index in [0.29, 0.717) is 22.1 Å². The van der Waals surface area contributed by atoms with E-state index >= 15 is 0 Å². The van der Waals surface area contributed by atoms with Crippen molar-refractivity contribution in [3.63, 3.8) is 0 Å². The summed E-state index contributed by atoms with van der Waals surface area (Å²) < 4.78 is 15.3. The molecule has 1 N–H and O–H groups in total. The van der Waals surface area contributed by atoms with E-state index in [9.17, 15) is 9.90 Å². The summed E-state index contributed by atoms with van der Waals surface area (Å²) in [6.45, 7) is 0. The first kappa shape index (κ1) is 14.0. The molecule has 0 bridgehead atoms. The molecule has 1 atom stereocenters. The average Bonchev–Trinajstić information content (AvgIpc) is 3.22. The lowest BCUT2D eigenvalue weighted by Crippen LogP contribution is -2.13. The standard InChI is InChI=1S/C13H15ClO5/c1-17-10-6-7(11(15)13(16)18-2)5-9(14)12(10)19-8-3-4-8/h5-6,8,11,15H,3-4H2,1-2H3. The SMILES string of the molecule is COC(=O)C(O)c1cc(Cl)c(OC2CC2)c(OC)c1. The number of benzene rings is 1. The zero-order valence-corrected chi connectivity index (χ0v) is 11.4. The van der Waals surface area contributed by atoms with Crippen LogP contribution in [0.15, 0.2) is 12.1 Å². The highest BCUT2D eigenvalue weighted by Gasteiger charge is 2.28. The molecule has 6 heteroatoms. The number of hydrogen-bond donors (Lipinski definition) is 1. The van der Waals surface area contributed by atoms with Crippen molar-refractivity contribution < 1.29 is 24.1 Å². The highest BCUT2D eigenvalue weighted by atomic mass is 35.5. The van der Waals surface area contributed by atoms with Gasteiger partial charge in [-0.25, -0.2) is 4.79 Å². The van der Waals surface area contributed by atoms with E-state index in [1.807, 2.05) is 0 Å². The molecule has 1 saturated carbocycles. The second kappa shape index (κ2) is 5.67. The Labute approximate surface area is 116 Å². The van der Waals surface area contributed by atoms with Gasteiger partial charge in [-0.3, -0.25) is 0 Å². The highest BCUT2D eigenvalue weighted by Crippen LogP contribution is 2.41. The predicted octanol–water partition coefficient (Wildman–Crippen LogP) is 2.10. The molecule has 1 aliphatic carbocycles. The molecule has 1 aromatic rings. The number of carbonyl (C=O) groups is 1. The van der Waals surface area contributed by atoms with Gasteiger partial charge in [-0.05, 0) is 30.5 Å². The third kappa shape index (κ3) is 3.11. The van der Waals surface area contributed by atoms with Gasteiger partial charge in [0.2, 0.25) is 0 Å². The van der Waals surface area contributed by atoms with Gasteiger partial charge < -0.3 is 19.3 Å². The van der Waals surface area contributed by atoms with Gasteiger partial charge >= 0.3 is 5.97 Å². The van der Waals surface area contributed by atoms with Crippen LogP contribution in [0.5, 0.6) is 11.5 Å². The number of hydrogen-bond acceptors (Lipinski definition) is 5. The summed E-state index contributed by atoms with van der Waals surface area (Å²) in [5.74, 6) is 0.0683. The Balaban J connectivity index is 2.31. The van der Waals surface area contributed by atoms with E-state index in [1.54, 1.807) is 0 Å². The van der Waals surface area contributed by atoms with Gasteiger partial charge in [-0.15, -0.1) is 0 Å². The first-order valence-corrected chi connectivity index (χ1v) is 6.24. The maximum absolute atomic E-state index is 11.3. The Hall–Kier alpha value is -1.46. The van der Waals surface area contributed by atoms with Crippen LogP contribution >= 0.6 is 11.6 Å². The fourth-order valence-corrected chi connectivity index (χ4v) is 1.88. The van der Waals surface area contributed by atoms with Gasteiger partial charge in [0.15, 0.2) is 17.6 Å². The van der Waals surface area contributed by atoms with Crippen molar-refractivity contribution in [1.29, 1.82) is 0 Å². The lowest BCUT2D eigenvalue weighted by molar-refractivity contribution is -0.150. The lowest BCUT2D eigenvalue weighted by atomic mass is 10.1. The van der Waals surface area contributed by atoms with Crippen LogP contribution in [0.4, 0.5) is 0 Å². The summed E-state index contributed by atoms with van der Waals surface area (Å²) in [5, 5.41) is 10.1. The molecule has 0 amide bonds. The van der Waals surface area contributed by atoms with Crippen molar-refractivity contribution >= 4 is 17.6 Å². The molecule has 0 saturated heterocycles. The second-order valence-corrected chi connectivity index (χ2v) is 4.68. The molecule has 1 aromatic carbocycles. The Bertz CT molecular complexity index is 484. The number of ether oxygens (including phenoxy) is 3. The molecule has 19 heavy (non-hydrogen) atoms. The van der Waals surface area contributed by atoms with E-state index in [0.717, 1.165) is 12.8 Å². The monoisotopic (exact) mass is 286 g/mol. The molecule has 0 radical (unpaired) electrons. The number of carbonyl (C=O) groups excluding carboxylic acids is 1. The molecule has 104 valence electrons. The van der Waals surface area contributed by atoms with Gasteiger partial charge in [0.25, 0.3) is 0 Å². The molecule has 1 aliphatic rings. The molecule has 1 unspecified atom stereocenters. The minimum atomic E-state index is -1.40. The maximum Gasteiger partial charge on any atom is 0.339 e. The van der Waals surface area contributed by atoms with Gasteiger partial charge in [0.05, 0.1) is 25.3 Å². The molecule has 1 fully saturated rings. The van der Waals surface area contributed by atoms with E-state index in [-0.39, 0.29) is 6.10 Å². The Kier molecular flexibility index (Phi) is 4.17. The number of halogens is 1. The van der Waals surface area contributed by atoms with Crippen LogP contribution in [-0.2, 0) is 9.53 Å². The predicted molar refractivity (Wildman–Crippen MR) is 68.6 cm³/mol. The summed E-state index contributed by atoms with van der Waals surface area (Å²) in [5.41, 5.74) is 0.303. The summed E-state index contributed by atoms with van der Waals surface area (Å²) in [6.07, 6.45) is 0.757. The number of methoxy groups -OCH3 is 2. The van der Waals surface area contributed by atoms with Gasteiger partial charge in [-0.2, -0.15) is 0 Å². The largest absolute Gasteiger partial charge is 0.493 e. The molecule has 0 heterocycles. The fourth-order valence-electron chi connectivity index (χ4n) is 1.61. The smallest absolute Gasteiger partial charge is 0.339 e. The van der Waals surface area contributed by atoms with E-state index in [4.69, 9.17) is 21.1 Å². The van der Waals surface area contributed by atoms with Crippen LogP contribution in [-0.4, -0.2) is 31.4 Å². The first-order chi connectivity index (χ1) is 9.06. The third-order valence-electron chi connectivity index (χ3n) is 2.80. The van der Waals surface area contributed by atoms with Gasteiger partial charge in [0.1, 0.15) is 0 Å². The Morgan fingerprint density at radius 3 is 2.63 bits per heavy atom. The Morgan fingerprint density at radius 2 is 2.11 bits per heavy atom. The molecule has 0 spiro atoms. The molecule has 2 rings (SSSR count). The number of aliphatic hydroxyl groups excluding tert-OH is 1. The first-order valence-electron chi connectivity index (χ1n) is 5.86. The van der Waals surface area contributed by atoms with Crippen LogP contribution in [0.3, 0.4) is 0 Å². The average molecular weight is 287 g/mol. The number of esters is 1. The van der Waals surface area contributed by atoms with Crippen molar-refractivity contribution in [1.82, 2.24) is 0 Å². The van der Waals surface area contributed by atoms with Crippen molar-refractivity contribution in [2.45, 2.75) is 25.0 Å². The maximum atomic E-state index is 11.3. The van der Waals surface area contributed by atoms with Gasteiger partial charge in [-0.1, -0.05) is 11.6 Å². The quantitative estimate of drug-likeness (QED) is 0.840. The van der Waals surface area contributed by atoms with Crippen LogP contribution in [0.1, 0.15) is 24.5 Å². The summed E-state index contributed by atoms with van der Waals surface area (Å²) >= 11 is 6.11. The topological polar surface area (TPSA) is 65.0 Å². The molecule has 0 aromatic heterocycles. The minimum absolute atomic E-state index is 0.169. The fraction of sp³-hybridized carbons (Fsp3) is 0.462. The van der Waals surface area contributed by atoms with Crippen molar-refractivity contribution in [2.75, 3.05) is 14.2 Å². The molecule has 5 nitrogen and oxygen atoms in total. The zero-order valence-electron chi connectivity index (χ0n) is 10.7. The van der Waals surface area contributed by atoms with Crippen LogP contribution in [0, 0.1) is 0 Å². The summed E-state index contributed by atoms with van der Waals surface area (Å²) in [7, 11) is 2.68.